The Kier molecular flexibility index (Phi) is 5.47. The largest absolute Gasteiger partial charge is 0.456 e. The monoisotopic (exact) mass is 583 g/mol. The van der Waals surface area contributed by atoms with Crippen LogP contribution in [0.4, 0.5) is 0 Å². The molecule has 0 aliphatic carbocycles. The quantitative estimate of drug-likeness (QED) is 0.194. The maximum Gasteiger partial charge on any atom is 0.172 e. The summed E-state index contributed by atoms with van der Waals surface area (Å²) in [4.78, 5) is 0. The third kappa shape index (κ3) is 3.54. The van der Waals surface area contributed by atoms with E-state index in [4.69, 9.17) is 4.42 Å². The molecule has 1 atom stereocenters. The maximum absolute atomic E-state index is 15.5. The lowest BCUT2D eigenvalue weighted by Gasteiger charge is -2.17. The second-order valence-electron chi connectivity index (χ2n) is 11.2. The third-order valence-corrected chi connectivity index (χ3v) is 12.0. The first-order chi connectivity index (χ1) is 21.7. The van der Waals surface area contributed by atoms with E-state index in [1.807, 2.05) is 78.9 Å². The van der Waals surface area contributed by atoms with Crippen molar-refractivity contribution in [1.82, 2.24) is 4.57 Å². The smallest absolute Gasteiger partial charge is 0.172 e. The highest BCUT2D eigenvalue weighted by Gasteiger charge is 2.42. The number of benzene rings is 6. The summed E-state index contributed by atoms with van der Waals surface area (Å²) in [6, 6.07) is 53.7. The van der Waals surface area contributed by atoms with Gasteiger partial charge in [0.1, 0.15) is 11.5 Å². The summed E-state index contributed by atoms with van der Waals surface area (Å²) in [6.45, 7) is 0. The van der Waals surface area contributed by atoms with Gasteiger partial charge in [0, 0.05) is 43.5 Å². The number of furan rings is 1. The van der Waals surface area contributed by atoms with Gasteiger partial charge >= 0.3 is 0 Å². The van der Waals surface area contributed by atoms with Crippen molar-refractivity contribution in [2.75, 3.05) is 0 Å². The molecule has 44 heavy (non-hydrogen) atoms. The number of hydrogen-bond donors (Lipinski definition) is 0. The van der Waals surface area contributed by atoms with Crippen LogP contribution in [0, 0.1) is 0 Å². The Balaban J connectivity index is 1.25. The zero-order chi connectivity index (χ0) is 29.3. The van der Waals surface area contributed by atoms with Gasteiger partial charge in [0.15, 0.2) is 7.14 Å². The average molecular weight is 584 g/mol. The molecule has 8 aromatic rings. The Morgan fingerprint density at radius 1 is 0.500 bits per heavy atom. The van der Waals surface area contributed by atoms with E-state index >= 15 is 4.57 Å². The number of fused-ring (bicyclic) bond motifs is 7. The lowest BCUT2D eigenvalue weighted by Crippen LogP contribution is -2.21. The molecule has 0 N–H and O–H groups in total. The first kappa shape index (κ1) is 25.2. The minimum absolute atomic E-state index is 0.831. The van der Waals surface area contributed by atoms with Crippen molar-refractivity contribution in [3.63, 3.8) is 0 Å². The summed E-state index contributed by atoms with van der Waals surface area (Å²) in [5.74, 6) is 1.68. The Morgan fingerprint density at radius 3 is 1.91 bits per heavy atom. The number of hydrogen-bond acceptors (Lipinski definition) is 2. The molecule has 0 fully saturated rings. The zero-order valence-corrected chi connectivity index (χ0v) is 24.6. The van der Waals surface area contributed by atoms with E-state index in [0.717, 1.165) is 77.2 Å². The van der Waals surface area contributed by atoms with Crippen molar-refractivity contribution in [3.05, 3.63) is 158 Å². The van der Waals surface area contributed by atoms with Crippen molar-refractivity contribution in [2.45, 2.75) is 0 Å². The van der Waals surface area contributed by atoms with Gasteiger partial charge in [-0.1, -0.05) is 109 Å². The second-order valence-corrected chi connectivity index (χ2v) is 13.9. The highest BCUT2D eigenvalue weighted by molar-refractivity contribution is 7.86. The van der Waals surface area contributed by atoms with Gasteiger partial charge in [0.05, 0.1) is 11.0 Å². The summed E-state index contributed by atoms with van der Waals surface area (Å²) in [7, 11) is -3.13. The van der Waals surface area contributed by atoms with E-state index in [1.165, 1.54) is 0 Å². The van der Waals surface area contributed by atoms with Crippen LogP contribution in [-0.2, 0) is 4.57 Å². The van der Waals surface area contributed by atoms with E-state index in [1.54, 1.807) is 0 Å². The highest BCUT2D eigenvalue weighted by atomic mass is 31.2. The molecule has 0 spiro atoms. The molecule has 2 aromatic heterocycles. The Morgan fingerprint density at radius 2 is 1.14 bits per heavy atom. The van der Waals surface area contributed by atoms with Crippen LogP contribution in [0.1, 0.15) is 0 Å². The number of nitrogens with zero attached hydrogens (tertiary/aromatic N) is 1. The summed E-state index contributed by atoms with van der Waals surface area (Å²) < 4.78 is 24.1. The molecule has 0 saturated carbocycles. The zero-order valence-electron chi connectivity index (χ0n) is 23.7. The van der Waals surface area contributed by atoms with Gasteiger partial charge in [-0.05, 0) is 59.7 Å². The normalized spacial score (nSPS) is 15.5. The molecule has 3 nitrogen and oxygen atoms in total. The molecule has 6 aromatic carbocycles. The van der Waals surface area contributed by atoms with E-state index < -0.39 is 7.14 Å². The van der Waals surface area contributed by atoms with Gasteiger partial charge in [-0.2, -0.15) is 0 Å². The van der Waals surface area contributed by atoms with Crippen LogP contribution in [0.15, 0.2) is 162 Å². The summed E-state index contributed by atoms with van der Waals surface area (Å²) in [6.07, 6.45) is 0. The lowest BCUT2D eigenvalue weighted by atomic mass is 10.0. The fourth-order valence-electron chi connectivity index (χ4n) is 6.89. The van der Waals surface area contributed by atoms with Crippen LogP contribution in [0.3, 0.4) is 0 Å². The molecule has 1 aliphatic heterocycles. The number of rotatable bonds is 4. The third-order valence-electron chi connectivity index (χ3n) is 8.85. The predicted octanol–water partition coefficient (Wildman–Crippen LogP) is 9.33. The van der Waals surface area contributed by atoms with Crippen LogP contribution < -0.4 is 15.9 Å². The van der Waals surface area contributed by atoms with E-state index in [9.17, 15) is 0 Å². The van der Waals surface area contributed by atoms with Crippen molar-refractivity contribution < 1.29 is 8.98 Å². The van der Waals surface area contributed by atoms with Crippen LogP contribution >= 0.6 is 7.14 Å². The van der Waals surface area contributed by atoms with Crippen LogP contribution in [0.2, 0.25) is 0 Å². The maximum atomic E-state index is 15.5. The van der Waals surface area contributed by atoms with E-state index in [2.05, 4.69) is 83.4 Å². The standard InChI is InChI=1S/C40H26NO2P/c42-44(30-13-5-2-6-14-30)38-18-10-8-15-31(38)32-23-24-35-39(40(32)44)33-16-7-9-17-34(33)41(35)29-21-19-28(20-22-29)37-26-25-36(43-37)27-11-3-1-4-12-27/h1-26H. The molecule has 1 unspecified atom stereocenters. The molecule has 1 aliphatic rings. The van der Waals surface area contributed by atoms with Crippen molar-refractivity contribution in [2.24, 2.45) is 0 Å². The average Bonchev–Trinajstić information content (AvgIpc) is 3.79. The van der Waals surface area contributed by atoms with Gasteiger partial charge in [-0.25, -0.2) is 0 Å². The Bertz CT molecular complexity index is 2400. The predicted molar refractivity (Wildman–Crippen MR) is 182 cm³/mol. The molecule has 208 valence electrons. The molecular formula is C40H26NO2P. The van der Waals surface area contributed by atoms with Gasteiger partial charge in [0.25, 0.3) is 0 Å². The molecular weight excluding hydrogens is 557 g/mol. The van der Waals surface area contributed by atoms with E-state index in [-0.39, 0.29) is 0 Å². The molecule has 0 bridgehead atoms. The fourth-order valence-corrected chi connectivity index (χ4v) is 10.2. The van der Waals surface area contributed by atoms with Crippen molar-refractivity contribution >= 4 is 44.9 Å². The van der Waals surface area contributed by atoms with Gasteiger partial charge in [-0.15, -0.1) is 0 Å². The SMILES string of the molecule is O=P1(c2ccccc2)c2ccccc2-c2ccc3c(c21)c1ccccc1n3-c1ccc(-c2ccc(-c3ccccc3)o2)cc1. The summed E-state index contributed by atoms with van der Waals surface area (Å²) in [5.41, 5.74) is 7.37. The van der Waals surface area contributed by atoms with Crippen LogP contribution in [0.5, 0.6) is 0 Å². The fraction of sp³-hybridized carbons (Fsp3) is 0. The van der Waals surface area contributed by atoms with E-state index in [0.29, 0.717) is 0 Å². The number of aromatic nitrogens is 1. The lowest BCUT2D eigenvalue weighted by molar-refractivity contribution is 0.593. The van der Waals surface area contributed by atoms with Gasteiger partial charge in [0.2, 0.25) is 0 Å². The number of para-hydroxylation sites is 1. The summed E-state index contributed by atoms with van der Waals surface area (Å²) >= 11 is 0. The highest BCUT2D eigenvalue weighted by Crippen LogP contribution is 2.55. The summed E-state index contributed by atoms with van der Waals surface area (Å²) in [5, 5.41) is 4.89. The minimum atomic E-state index is -3.13. The molecule has 3 heterocycles. The van der Waals surface area contributed by atoms with Crippen molar-refractivity contribution in [1.29, 1.82) is 0 Å². The Labute approximate surface area is 255 Å². The van der Waals surface area contributed by atoms with Crippen LogP contribution in [-0.4, -0.2) is 4.57 Å². The van der Waals surface area contributed by atoms with Gasteiger partial charge in [-0.3, -0.25) is 0 Å². The first-order valence-corrected chi connectivity index (χ1v) is 16.5. The topological polar surface area (TPSA) is 35.1 Å². The molecule has 9 rings (SSSR count). The molecule has 0 saturated heterocycles. The Hall–Kier alpha value is -5.37. The first-order valence-electron chi connectivity index (χ1n) is 14.8. The minimum Gasteiger partial charge on any atom is -0.456 e. The second kappa shape index (κ2) is 9.57. The van der Waals surface area contributed by atoms with Crippen LogP contribution in [0.25, 0.3) is 61.3 Å². The molecule has 0 amide bonds. The van der Waals surface area contributed by atoms with Gasteiger partial charge < -0.3 is 13.5 Å². The molecule has 4 heteroatoms. The molecule has 0 radical (unpaired) electrons. The van der Waals surface area contributed by atoms with Crippen molar-refractivity contribution in [3.8, 4) is 39.5 Å².